The molecule has 3 N–H and O–H groups in total. The molecule has 1 aromatic carbocycles. The summed E-state index contributed by atoms with van der Waals surface area (Å²) in [5.41, 5.74) is -0.155. The van der Waals surface area contributed by atoms with E-state index in [-0.39, 0.29) is 11.8 Å². The van der Waals surface area contributed by atoms with Crippen LogP contribution in [0.15, 0.2) is 29.1 Å². The first-order chi connectivity index (χ1) is 11.4. The second kappa shape index (κ2) is 7.31. The highest BCUT2D eigenvalue weighted by Crippen LogP contribution is 2.03. The van der Waals surface area contributed by atoms with E-state index in [1.807, 2.05) is 0 Å². The lowest BCUT2D eigenvalue weighted by molar-refractivity contribution is -0.143. The van der Waals surface area contributed by atoms with Gasteiger partial charge in [0.15, 0.2) is 0 Å². The summed E-state index contributed by atoms with van der Waals surface area (Å²) >= 11 is 0. The van der Waals surface area contributed by atoms with Gasteiger partial charge in [0.1, 0.15) is 18.1 Å². The zero-order valence-electron chi connectivity index (χ0n) is 12.4. The van der Waals surface area contributed by atoms with Gasteiger partial charge in [-0.1, -0.05) is 17.3 Å². The third-order valence-electron chi connectivity index (χ3n) is 3.20. The number of nitrogens with zero attached hydrogens (tertiary/aromatic N) is 3. The van der Waals surface area contributed by atoms with Crippen LogP contribution in [0.2, 0.25) is 0 Å². The van der Waals surface area contributed by atoms with Gasteiger partial charge in [-0.05, 0) is 18.6 Å². The molecular formula is C14H14N4O6. The molecule has 0 aliphatic heterocycles. The largest absolute Gasteiger partial charge is 0.481 e. The highest BCUT2D eigenvalue weighted by molar-refractivity contribution is 5.84. The number of nitrogens with one attached hydrogen (secondary N) is 1. The Bertz CT molecular complexity index is 847. The molecule has 24 heavy (non-hydrogen) atoms. The number of hydrogen-bond acceptors (Lipinski definition) is 6. The van der Waals surface area contributed by atoms with E-state index in [9.17, 15) is 19.2 Å². The zero-order chi connectivity index (χ0) is 17.7. The molecule has 1 unspecified atom stereocenters. The number of hydrogen-bond donors (Lipinski definition) is 3. The van der Waals surface area contributed by atoms with Crippen LogP contribution in [0.25, 0.3) is 10.9 Å². The minimum Gasteiger partial charge on any atom is -0.481 e. The molecule has 1 amide bonds. The highest BCUT2D eigenvalue weighted by atomic mass is 16.4. The van der Waals surface area contributed by atoms with E-state index in [1.54, 1.807) is 18.2 Å². The zero-order valence-corrected chi connectivity index (χ0v) is 12.4. The number of carboxylic acid groups (broad SMARTS) is 2. The summed E-state index contributed by atoms with van der Waals surface area (Å²) in [6.07, 6.45) is -0.679. The van der Waals surface area contributed by atoms with Crippen molar-refractivity contribution in [3.63, 3.8) is 0 Å². The first-order valence-corrected chi connectivity index (χ1v) is 6.95. The van der Waals surface area contributed by atoms with Crippen LogP contribution in [0.3, 0.4) is 0 Å². The van der Waals surface area contributed by atoms with Crippen LogP contribution in [0.5, 0.6) is 0 Å². The van der Waals surface area contributed by atoms with Crippen LogP contribution in [-0.4, -0.2) is 49.1 Å². The highest BCUT2D eigenvalue weighted by Gasteiger charge is 2.21. The summed E-state index contributed by atoms with van der Waals surface area (Å²) in [7, 11) is 0. The van der Waals surface area contributed by atoms with Gasteiger partial charge in [0.25, 0.3) is 5.56 Å². The van der Waals surface area contributed by atoms with E-state index in [4.69, 9.17) is 10.2 Å². The molecular weight excluding hydrogens is 320 g/mol. The molecule has 0 aliphatic carbocycles. The van der Waals surface area contributed by atoms with Crippen molar-refractivity contribution < 1.29 is 24.6 Å². The average Bonchev–Trinajstić information content (AvgIpc) is 2.54. The Balaban J connectivity index is 2.11. The molecule has 0 aliphatic rings. The maximum atomic E-state index is 12.2. The van der Waals surface area contributed by atoms with Crippen molar-refractivity contribution in [1.29, 1.82) is 0 Å². The lowest BCUT2D eigenvalue weighted by atomic mass is 10.1. The number of carbonyl (C=O) groups excluding carboxylic acids is 1. The molecule has 10 nitrogen and oxygen atoms in total. The van der Waals surface area contributed by atoms with Gasteiger partial charge in [0, 0.05) is 6.42 Å². The van der Waals surface area contributed by atoms with Crippen molar-refractivity contribution in [1.82, 2.24) is 20.3 Å². The molecule has 1 aromatic heterocycles. The quantitative estimate of drug-likeness (QED) is 0.596. The van der Waals surface area contributed by atoms with Crippen LogP contribution in [0.4, 0.5) is 0 Å². The second-order valence-electron chi connectivity index (χ2n) is 4.96. The molecule has 2 rings (SSSR count). The molecule has 0 radical (unpaired) electrons. The standard InChI is InChI=1S/C14H14N4O6/c19-11(15-10(14(23)24)5-6-12(20)21)7-18-13(22)8-3-1-2-4-9(8)16-17-18/h1-4,10H,5-7H2,(H,15,19)(H,20,21)(H,23,24). The normalized spacial score (nSPS) is 11.8. The van der Waals surface area contributed by atoms with Gasteiger partial charge in [-0.3, -0.25) is 14.4 Å². The van der Waals surface area contributed by atoms with E-state index in [0.717, 1.165) is 4.68 Å². The summed E-state index contributed by atoms with van der Waals surface area (Å²) in [5, 5.41) is 27.5. The van der Waals surface area contributed by atoms with Gasteiger partial charge in [-0.15, -0.1) is 5.10 Å². The summed E-state index contributed by atoms with van der Waals surface area (Å²) in [6.45, 7) is -0.520. The van der Waals surface area contributed by atoms with Gasteiger partial charge < -0.3 is 15.5 Å². The summed E-state index contributed by atoms with van der Waals surface area (Å²) in [5.74, 6) is -3.31. The molecule has 2 aromatic rings. The lowest BCUT2D eigenvalue weighted by Gasteiger charge is -2.13. The predicted octanol–water partition coefficient (Wildman–Crippen LogP) is -0.774. The molecule has 126 valence electrons. The van der Waals surface area contributed by atoms with E-state index >= 15 is 0 Å². The number of carboxylic acids is 2. The monoisotopic (exact) mass is 334 g/mol. The number of carbonyl (C=O) groups is 3. The Morgan fingerprint density at radius 3 is 2.58 bits per heavy atom. The number of amides is 1. The smallest absolute Gasteiger partial charge is 0.326 e. The maximum Gasteiger partial charge on any atom is 0.326 e. The number of aromatic nitrogens is 3. The summed E-state index contributed by atoms with van der Waals surface area (Å²) < 4.78 is 0.813. The number of fused-ring (bicyclic) bond motifs is 1. The van der Waals surface area contributed by atoms with E-state index in [2.05, 4.69) is 15.6 Å². The van der Waals surface area contributed by atoms with Gasteiger partial charge in [0.2, 0.25) is 5.91 Å². The lowest BCUT2D eigenvalue weighted by Crippen LogP contribution is -2.44. The van der Waals surface area contributed by atoms with Gasteiger partial charge in [-0.25, -0.2) is 9.48 Å². The van der Waals surface area contributed by atoms with Gasteiger partial charge in [-0.2, -0.15) is 0 Å². The Hall–Kier alpha value is -3.30. The van der Waals surface area contributed by atoms with E-state index < -0.39 is 42.4 Å². The fraction of sp³-hybridized carbons (Fsp3) is 0.286. The van der Waals surface area contributed by atoms with Crippen LogP contribution >= 0.6 is 0 Å². The topological polar surface area (TPSA) is 151 Å². The van der Waals surface area contributed by atoms with Crippen molar-refractivity contribution in [3.05, 3.63) is 34.6 Å². The third-order valence-corrected chi connectivity index (χ3v) is 3.20. The maximum absolute atomic E-state index is 12.2. The minimum absolute atomic E-state index is 0.269. The predicted molar refractivity (Wildman–Crippen MR) is 80.2 cm³/mol. The average molecular weight is 334 g/mol. The molecule has 10 heteroatoms. The fourth-order valence-corrected chi connectivity index (χ4v) is 2.03. The summed E-state index contributed by atoms with van der Waals surface area (Å²) in [4.78, 5) is 45.6. The van der Waals surface area contributed by atoms with E-state index in [0.29, 0.717) is 5.52 Å². The second-order valence-corrected chi connectivity index (χ2v) is 4.96. The van der Waals surface area contributed by atoms with Gasteiger partial charge >= 0.3 is 11.9 Å². The first kappa shape index (κ1) is 17.1. The van der Waals surface area contributed by atoms with Gasteiger partial charge in [0.05, 0.1) is 5.39 Å². The van der Waals surface area contributed by atoms with Crippen LogP contribution in [-0.2, 0) is 20.9 Å². The van der Waals surface area contributed by atoms with Crippen molar-refractivity contribution in [3.8, 4) is 0 Å². The summed E-state index contributed by atoms with van der Waals surface area (Å²) in [6, 6.07) is 5.10. The fourth-order valence-electron chi connectivity index (χ4n) is 2.03. The first-order valence-electron chi connectivity index (χ1n) is 6.95. The minimum atomic E-state index is -1.36. The van der Waals surface area contributed by atoms with E-state index in [1.165, 1.54) is 6.07 Å². The molecule has 0 saturated heterocycles. The van der Waals surface area contributed by atoms with Crippen LogP contribution < -0.4 is 10.9 Å². The van der Waals surface area contributed by atoms with Crippen molar-refractivity contribution in [2.75, 3.05) is 0 Å². The molecule has 1 atom stereocenters. The third kappa shape index (κ3) is 4.12. The Labute approximate surface area is 134 Å². The van der Waals surface area contributed by atoms with Crippen LogP contribution in [0.1, 0.15) is 12.8 Å². The molecule has 0 bridgehead atoms. The molecule has 0 fully saturated rings. The Morgan fingerprint density at radius 1 is 1.21 bits per heavy atom. The Morgan fingerprint density at radius 2 is 1.92 bits per heavy atom. The van der Waals surface area contributed by atoms with Crippen LogP contribution in [0, 0.1) is 0 Å². The van der Waals surface area contributed by atoms with Crippen molar-refractivity contribution >= 4 is 28.7 Å². The number of rotatable bonds is 7. The Kier molecular flexibility index (Phi) is 5.20. The van der Waals surface area contributed by atoms with Crippen molar-refractivity contribution in [2.24, 2.45) is 0 Å². The molecule has 0 spiro atoms. The molecule has 1 heterocycles. The number of benzene rings is 1. The molecule has 0 saturated carbocycles. The SMILES string of the molecule is O=C(O)CCC(NC(=O)Cn1nnc2ccccc2c1=O)C(=O)O. The van der Waals surface area contributed by atoms with Crippen molar-refractivity contribution in [2.45, 2.75) is 25.4 Å². The number of aliphatic carboxylic acids is 2.